The molecular formula is C19H28N4O2. The zero-order valence-electron chi connectivity index (χ0n) is 15.3. The van der Waals surface area contributed by atoms with E-state index >= 15 is 0 Å². The lowest BCUT2D eigenvalue weighted by atomic mass is 9.87. The van der Waals surface area contributed by atoms with Gasteiger partial charge in [-0.15, -0.1) is 0 Å². The van der Waals surface area contributed by atoms with E-state index in [4.69, 9.17) is 0 Å². The van der Waals surface area contributed by atoms with Crippen molar-refractivity contribution in [1.82, 2.24) is 20.5 Å². The van der Waals surface area contributed by atoms with Crippen molar-refractivity contribution in [3.8, 4) is 0 Å². The second-order valence-corrected chi connectivity index (χ2v) is 7.53. The predicted molar refractivity (Wildman–Crippen MR) is 96.0 cm³/mol. The SMILES string of the molecule is Cc1cccnc1[C@H](NC(=O)N1CC(=O)N[C@@H]2CCCC[C@H]21)C(C)C. The van der Waals surface area contributed by atoms with Gasteiger partial charge in [0.1, 0.15) is 6.54 Å². The van der Waals surface area contributed by atoms with Gasteiger partial charge in [-0.3, -0.25) is 9.78 Å². The molecule has 2 N–H and O–H groups in total. The third-order valence-corrected chi connectivity index (χ3v) is 5.34. The third kappa shape index (κ3) is 3.78. The number of nitrogens with zero attached hydrogens (tertiary/aromatic N) is 2. The molecule has 0 bridgehead atoms. The monoisotopic (exact) mass is 344 g/mol. The van der Waals surface area contributed by atoms with Gasteiger partial charge in [0.15, 0.2) is 0 Å². The number of carbonyl (C=O) groups is 2. The summed E-state index contributed by atoms with van der Waals surface area (Å²) in [7, 11) is 0. The smallest absolute Gasteiger partial charge is 0.318 e. The van der Waals surface area contributed by atoms with Crippen molar-refractivity contribution in [1.29, 1.82) is 0 Å². The first-order valence-corrected chi connectivity index (χ1v) is 9.25. The van der Waals surface area contributed by atoms with E-state index in [1.54, 1.807) is 11.1 Å². The van der Waals surface area contributed by atoms with Crippen LogP contribution in [0.3, 0.4) is 0 Å². The van der Waals surface area contributed by atoms with Crippen LogP contribution in [0.2, 0.25) is 0 Å². The predicted octanol–water partition coefficient (Wildman–Crippen LogP) is 2.54. The molecule has 1 aliphatic heterocycles. The first-order chi connectivity index (χ1) is 12.0. The number of aromatic nitrogens is 1. The highest BCUT2D eigenvalue weighted by molar-refractivity contribution is 5.86. The molecule has 1 saturated heterocycles. The lowest BCUT2D eigenvalue weighted by molar-refractivity contribution is -0.126. The summed E-state index contributed by atoms with van der Waals surface area (Å²) in [4.78, 5) is 31.3. The molecule has 0 aromatic carbocycles. The number of rotatable bonds is 3. The Morgan fingerprint density at radius 3 is 2.84 bits per heavy atom. The molecule has 1 saturated carbocycles. The molecule has 25 heavy (non-hydrogen) atoms. The highest BCUT2D eigenvalue weighted by atomic mass is 16.2. The van der Waals surface area contributed by atoms with E-state index in [1.165, 1.54) is 0 Å². The highest BCUT2D eigenvalue weighted by Crippen LogP contribution is 2.27. The molecule has 0 spiro atoms. The standard InChI is InChI=1S/C19H28N4O2/c1-12(2)17(18-13(3)7-6-10-20-18)22-19(25)23-11-16(24)21-14-8-4-5-9-15(14)23/h6-7,10,12,14-15,17H,4-5,8-9,11H2,1-3H3,(H,21,24)(H,22,25)/t14-,15-,17-/m1/s1. The number of pyridine rings is 1. The zero-order chi connectivity index (χ0) is 18.0. The summed E-state index contributed by atoms with van der Waals surface area (Å²) in [6.45, 7) is 6.30. The van der Waals surface area contributed by atoms with Gasteiger partial charge < -0.3 is 15.5 Å². The highest BCUT2D eigenvalue weighted by Gasteiger charge is 2.39. The van der Waals surface area contributed by atoms with E-state index in [-0.39, 0.29) is 42.5 Å². The van der Waals surface area contributed by atoms with Gasteiger partial charge in [-0.25, -0.2) is 4.79 Å². The fourth-order valence-electron chi connectivity index (χ4n) is 3.99. The largest absolute Gasteiger partial charge is 0.350 e. The second kappa shape index (κ2) is 7.42. The van der Waals surface area contributed by atoms with Crippen LogP contribution in [0.5, 0.6) is 0 Å². The van der Waals surface area contributed by atoms with Crippen LogP contribution in [0.4, 0.5) is 4.79 Å². The van der Waals surface area contributed by atoms with Gasteiger partial charge >= 0.3 is 6.03 Å². The normalized spacial score (nSPS) is 24.5. The fraction of sp³-hybridized carbons (Fsp3) is 0.632. The van der Waals surface area contributed by atoms with Crippen LogP contribution in [0.25, 0.3) is 0 Å². The number of piperazine rings is 1. The van der Waals surface area contributed by atoms with Gasteiger partial charge in [0.2, 0.25) is 5.91 Å². The zero-order valence-corrected chi connectivity index (χ0v) is 15.3. The van der Waals surface area contributed by atoms with Gasteiger partial charge in [-0.05, 0) is 37.3 Å². The molecule has 1 aromatic heterocycles. The van der Waals surface area contributed by atoms with Gasteiger partial charge in [-0.2, -0.15) is 0 Å². The van der Waals surface area contributed by atoms with Crippen LogP contribution in [0, 0.1) is 12.8 Å². The van der Waals surface area contributed by atoms with Gasteiger partial charge in [0, 0.05) is 12.2 Å². The van der Waals surface area contributed by atoms with Gasteiger partial charge in [0.05, 0.1) is 17.8 Å². The summed E-state index contributed by atoms with van der Waals surface area (Å²) in [6, 6.07) is 3.78. The van der Waals surface area contributed by atoms with E-state index in [0.29, 0.717) is 0 Å². The van der Waals surface area contributed by atoms with Crippen molar-refractivity contribution in [2.24, 2.45) is 5.92 Å². The van der Waals surface area contributed by atoms with Crippen LogP contribution >= 0.6 is 0 Å². The molecule has 0 unspecified atom stereocenters. The number of amides is 3. The molecule has 6 heteroatoms. The van der Waals surface area contributed by atoms with Crippen molar-refractivity contribution in [2.75, 3.05) is 6.54 Å². The molecule has 2 aliphatic rings. The maximum Gasteiger partial charge on any atom is 0.318 e. The van der Waals surface area contributed by atoms with Crippen molar-refractivity contribution in [3.05, 3.63) is 29.6 Å². The Bertz CT molecular complexity index is 646. The summed E-state index contributed by atoms with van der Waals surface area (Å²) in [5.41, 5.74) is 1.96. The van der Waals surface area contributed by atoms with Crippen LogP contribution in [0.15, 0.2) is 18.3 Å². The van der Waals surface area contributed by atoms with E-state index < -0.39 is 0 Å². The molecule has 1 aliphatic carbocycles. The number of hydrogen-bond donors (Lipinski definition) is 2. The van der Waals surface area contributed by atoms with Crippen molar-refractivity contribution in [2.45, 2.75) is 64.6 Å². The molecule has 3 amide bonds. The number of nitrogens with one attached hydrogen (secondary N) is 2. The van der Waals surface area contributed by atoms with Crippen LogP contribution in [-0.2, 0) is 4.79 Å². The van der Waals surface area contributed by atoms with Crippen molar-refractivity contribution < 1.29 is 9.59 Å². The quantitative estimate of drug-likeness (QED) is 0.885. The van der Waals surface area contributed by atoms with E-state index in [9.17, 15) is 9.59 Å². The lowest BCUT2D eigenvalue weighted by Crippen LogP contribution is -2.64. The molecule has 2 fully saturated rings. The van der Waals surface area contributed by atoms with Crippen molar-refractivity contribution >= 4 is 11.9 Å². The summed E-state index contributed by atoms with van der Waals surface area (Å²) < 4.78 is 0. The minimum atomic E-state index is -0.166. The molecular weight excluding hydrogens is 316 g/mol. The van der Waals surface area contributed by atoms with Gasteiger partial charge in [0.25, 0.3) is 0 Å². The van der Waals surface area contributed by atoms with E-state index in [0.717, 1.165) is 36.9 Å². The molecule has 2 heterocycles. The molecule has 136 valence electrons. The Balaban J connectivity index is 1.78. The Kier molecular flexibility index (Phi) is 5.25. The second-order valence-electron chi connectivity index (χ2n) is 7.53. The number of urea groups is 1. The maximum atomic E-state index is 13.0. The minimum absolute atomic E-state index is 0.0617. The van der Waals surface area contributed by atoms with Crippen LogP contribution in [-0.4, -0.2) is 40.5 Å². The Hall–Kier alpha value is -2.11. The van der Waals surface area contributed by atoms with Gasteiger partial charge in [-0.1, -0.05) is 32.8 Å². The maximum absolute atomic E-state index is 13.0. The Morgan fingerprint density at radius 1 is 1.36 bits per heavy atom. The molecule has 3 rings (SSSR count). The lowest BCUT2D eigenvalue weighted by Gasteiger charge is -2.44. The van der Waals surface area contributed by atoms with Crippen LogP contribution < -0.4 is 10.6 Å². The molecule has 6 nitrogen and oxygen atoms in total. The van der Waals surface area contributed by atoms with E-state index in [2.05, 4.69) is 29.5 Å². The number of fused-ring (bicyclic) bond motifs is 1. The summed E-state index contributed by atoms with van der Waals surface area (Å²) in [5.74, 6) is 0.145. The molecule has 3 atom stereocenters. The molecule has 0 radical (unpaired) electrons. The summed E-state index contributed by atoms with van der Waals surface area (Å²) >= 11 is 0. The molecule has 1 aromatic rings. The average molecular weight is 344 g/mol. The minimum Gasteiger partial charge on any atom is -0.350 e. The number of carbonyl (C=O) groups excluding carboxylic acids is 2. The first-order valence-electron chi connectivity index (χ1n) is 9.25. The number of aryl methyl sites for hydroxylation is 1. The third-order valence-electron chi connectivity index (χ3n) is 5.34. The Morgan fingerprint density at radius 2 is 2.12 bits per heavy atom. The average Bonchev–Trinajstić information content (AvgIpc) is 2.59. The van der Waals surface area contributed by atoms with Crippen molar-refractivity contribution in [3.63, 3.8) is 0 Å². The summed E-state index contributed by atoms with van der Waals surface area (Å²) in [6.07, 6.45) is 5.88. The first kappa shape index (κ1) is 17.7. The fourth-order valence-corrected chi connectivity index (χ4v) is 3.99. The van der Waals surface area contributed by atoms with Crippen LogP contribution in [0.1, 0.15) is 56.8 Å². The topological polar surface area (TPSA) is 74.3 Å². The number of hydrogen-bond acceptors (Lipinski definition) is 3. The summed E-state index contributed by atoms with van der Waals surface area (Å²) in [5, 5.41) is 6.19. The Labute approximate surface area is 149 Å². The van der Waals surface area contributed by atoms with E-state index in [1.807, 2.05) is 19.1 Å².